The van der Waals surface area contributed by atoms with Crippen molar-refractivity contribution in [1.82, 2.24) is 0 Å². The molecule has 0 saturated heterocycles. The summed E-state index contributed by atoms with van der Waals surface area (Å²) in [4.78, 5) is 11.3. The molecular weight excluding hydrogens is 422 g/mol. The second kappa shape index (κ2) is 9.86. The molecule has 0 amide bonds. The van der Waals surface area contributed by atoms with Crippen molar-refractivity contribution in [2.45, 2.75) is 4.90 Å². The molecule has 0 atom stereocenters. The smallest absolute Gasteiger partial charge is 0.339 e. The predicted octanol–water partition coefficient (Wildman–Crippen LogP) is 3.65. The Bertz CT molecular complexity index is 1140. The van der Waals surface area contributed by atoms with E-state index in [0.29, 0.717) is 17.2 Å². The third kappa shape index (κ3) is 5.89. The van der Waals surface area contributed by atoms with Crippen molar-refractivity contribution >= 4 is 21.7 Å². The number of ether oxygens (including phenoxy) is 3. The summed E-state index contributed by atoms with van der Waals surface area (Å²) >= 11 is 0. The first-order valence-corrected chi connectivity index (χ1v) is 10.7. The molecule has 0 aromatic heterocycles. The fourth-order valence-corrected chi connectivity index (χ4v) is 3.78. The number of benzene rings is 3. The zero-order valence-corrected chi connectivity index (χ0v) is 17.5. The van der Waals surface area contributed by atoms with Crippen LogP contribution in [0.15, 0.2) is 77.7 Å². The lowest BCUT2D eigenvalue weighted by atomic mass is 10.2. The highest BCUT2D eigenvalue weighted by molar-refractivity contribution is 7.92. The lowest BCUT2D eigenvalue weighted by Crippen LogP contribution is -2.13. The Balaban J connectivity index is 1.54. The molecule has 8 nitrogen and oxygen atoms in total. The molecule has 0 unspecified atom stereocenters. The second-order valence-electron chi connectivity index (χ2n) is 6.31. The van der Waals surface area contributed by atoms with Crippen molar-refractivity contribution in [2.75, 3.05) is 25.0 Å². The van der Waals surface area contributed by atoms with Gasteiger partial charge in [-0.2, -0.15) is 0 Å². The lowest BCUT2D eigenvalue weighted by molar-refractivity contribution is 0.0691. The van der Waals surface area contributed by atoms with Crippen molar-refractivity contribution in [3.05, 3.63) is 78.4 Å². The molecule has 0 heterocycles. The molecule has 0 aliphatic carbocycles. The van der Waals surface area contributed by atoms with E-state index in [9.17, 15) is 13.2 Å². The minimum absolute atomic E-state index is 0.0789. The van der Waals surface area contributed by atoms with Crippen LogP contribution in [0.3, 0.4) is 0 Å². The van der Waals surface area contributed by atoms with E-state index < -0.39 is 16.0 Å². The van der Waals surface area contributed by atoms with E-state index in [2.05, 4.69) is 4.72 Å². The molecular formula is C22H21NO7S. The Labute approximate surface area is 180 Å². The zero-order valence-electron chi connectivity index (χ0n) is 16.6. The fourth-order valence-electron chi connectivity index (χ4n) is 2.68. The number of carbonyl (C=O) groups is 1. The highest BCUT2D eigenvalue weighted by atomic mass is 32.2. The number of hydrogen-bond acceptors (Lipinski definition) is 6. The molecule has 0 radical (unpaired) electrons. The third-order valence-electron chi connectivity index (χ3n) is 4.19. The van der Waals surface area contributed by atoms with Gasteiger partial charge in [-0.25, -0.2) is 13.2 Å². The Kier molecular flexibility index (Phi) is 6.99. The van der Waals surface area contributed by atoms with Crippen molar-refractivity contribution < 1.29 is 32.5 Å². The normalized spacial score (nSPS) is 10.9. The molecule has 0 bridgehead atoms. The van der Waals surface area contributed by atoms with Crippen LogP contribution in [0.4, 0.5) is 5.69 Å². The van der Waals surface area contributed by atoms with E-state index in [-0.39, 0.29) is 29.4 Å². The number of nitrogens with one attached hydrogen (secondary N) is 1. The molecule has 0 aliphatic rings. The summed E-state index contributed by atoms with van der Waals surface area (Å²) in [6.45, 7) is 0.331. The van der Waals surface area contributed by atoms with Gasteiger partial charge >= 0.3 is 5.97 Å². The highest BCUT2D eigenvalue weighted by Gasteiger charge is 2.15. The van der Waals surface area contributed by atoms with E-state index in [1.807, 2.05) is 0 Å². The van der Waals surface area contributed by atoms with E-state index in [4.69, 9.17) is 19.3 Å². The third-order valence-corrected chi connectivity index (χ3v) is 5.56. The average molecular weight is 443 g/mol. The summed E-state index contributed by atoms with van der Waals surface area (Å²) in [6, 6.07) is 18.9. The van der Waals surface area contributed by atoms with E-state index in [1.54, 1.807) is 54.6 Å². The predicted molar refractivity (Wildman–Crippen MR) is 115 cm³/mol. The number of para-hydroxylation sites is 1. The Morgan fingerprint density at radius 3 is 2.32 bits per heavy atom. The second-order valence-corrected chi connectivity index (χ2v) is 7.99. The number of carboxylic acids is 1. The largest absolute Gasteiger partial charge is 0.497 e. The molecule has 3 rings (SSSR count). The number of rotatable bonds is 10. The van der Waals surface area contributed by atoms with E-state index >= 15 is 0 Å². The molecule has 2 N–H and O–H groups in total. The summed E-state index contributed by atoms with van der Waals surface area (Å²) < 4.78 is 43.6. The maximum Gasteiger partial charge on any atom is 0.339 e. The molecule has 9 heteroatoms. The lowest BCUT2D eigenvalue weighted by Gasteiger charge is -2.11. The number of hydrogen-bond donors (Lipinski definition) is 2. The molecule has 0 spiro atoms. The van der Waals surface area contributed by atoms with Gasteiger partial charge in [0.25, 0.3) is 10.0 Å². The van der Waals surface area contributed by atoms with Crippen LogP contribution in [0.2, 0.25) is 0 Å². The summed E-state index contributed by atoms with van der Waals surface area (Å²) in [5.74, 6) is 0.156. The maximum atomic E-state index is 12.5. The summed E-state index contributed by atoms with van der Waals surface area (Å²) in [6.07, 6.45) is 0. The highest BCUT2D eigenvalue weighted by Crippen LogP contribution is 2.22. The standard InChI is InChI=1S/C22H21NO7S/c1-28-18-5-4-6-19(15-18)31(26,27)23-16-9-11-17(12-10-16)29-13-14-30-21-8-3-2-7-20(21)22(24)25/h2-12,15,23H,13-14H2,1H3,(H,24,25). The van der Waals surface area contributed by atoms with Gasteiger partial charge in [-0.05, 0) is 48.5 Å². The van der Waals surface area contributed by atoms with Gasteiger partial charge in [-0.1, -0.05) is 18.2 Å². The van der Waals surface area contributed by atoms with Gasteiger partial charge in [-0.15, -0.1) is 0 Å². The van der Waals surface area contributed by atoms with Crippen molar-refractivity contribution in [3.8, 4) is 17.2 Å². The van der Waals surface area contributed by atoms with Crippen molar-refractivity contribution in [1.29, 1.82) is 0 Å². The number of aromatic carboxylic acids is 1. The first-order valence-electron chi connectivity index (χ1n) is 9.24. The van der Waals surface area contributed by atoms with Crippen LogP contribution in [0.25, 0.3) is 0 Å². The topological polar surface area (TPSA) is 111 Å². The molecule has 0 aliphatic heterocycles. The summed E-state index contributed by atoms with van der Waals surface area (Å²) in [5, 5.41) is 9.14. The molecule has 0 saturated carbocycles. The Hall–Kier alpha value is -3.72. The summed E-state index contributed by atoms with van der Waals surface area (Å²) in [7, 11) is -2.29. The van der Waals surface area contributed by atoms with Crippen LogP contribution in [0.5, 0.6) is 17.2 Å². The van der Waals surface area contributed by atoms with Gasteiger partial charge in [0, 0.05) is 11.8 Å². The van der Waals surface area contributed by atoms with E-state index in [1.165, 1.54) is 25.3 Å². The van der Waals surface area contributed by atoms with Gasteiger partial charge in [0.05, 0.1) is 12.0 Å². The maximum absolute atomic E-state index is 12.5. The SMILES string of the molecule is COc1cccc(S(=O)(=O)Nc2ccc(OCCOc3ccccc3C(=O)O)cc2)c1. The Morgan fingerprint density at radius 1 is 0.903 bits per heavy atom. The number of sulfonamides is 1. The minimum Gasteiger partial charge on any atom is -0.497 e. The summed E-state index contributed by atoms with van der Waals surface area (Å²) in [5.41, 5.74) is 0.456. The van der Waals surface area contributed by atoms with Crippen molar-refractivity contribution in [3.63, 3.8) is 0 Å². The molecule has 31 heavy (non-hydrogen) atoms. The van der Waals surface area contributed by atoms with E-state index in [0.717, 1.165) is 0 Å². The number of anilines is 1. The average Bonchev–Trinajstić information content (AvgIpc) is 2.78. The van der Waals surface area contributed by atoms with Crippen LogP contribution in [0, 0.1) is 0 Å². The minimum atomic E-state index is -3.76. The van der Waals surface area contributed by atoms with Crippen LogP contribution in [0.1, 0.15) is 10.4 Å². The Morgan fingerprint density at radius 2 is 1.61 bits per heavy atom. The molecule has 162 valence electrons. The van der Waals surface area contributed by atoms with Gasteiger partial charge in [0.1, 0.15) is 36.0 Å². The number of carboxylic acid groups (broad SMARTS) is 1. The van der Waals surface area contributed by atoms with Gasteiger partial charge < -0.3 is 19.3 Å². The zero-order chi connectivity index (χ0) is 22.3. The number of methoxy groups -OCH3 is 1. The molecule has 3 aromatic rings. The van der Waals surface area contributed by atoms with Crippen LogP contribution in [-0.2, 0) is 10.0 Å². The quantitative estimate of drug-likeness (QED) is 0.460. The van der Waals surface area contributed by atoms with Gasteiger partial charge in [0.15, 0.2) is 0 Å². The molecule has 3 aromatic carbocycles. The van der Waals surface area contributed by atoms with Crippen molar-refractivity contribution in [2.24, 2.45) is 0 Å². The monoisotopic (exact) mass is 443 g/mol. The fraction of sp³-hybridized carbons (Fsp3) is 0.136. The van der Waals surface area contributed by atoms with Crippen LogP contribution >= 0.6 is 0 Å². The van der Waals surface area contributed by atoms with Gasteiger partial charge in [-0.3, -0.25) is 4.72 Å². The first-order chi connectivity index (χ1) is 14.9. The van der Waals surface area contributed by atoms with Gasteiger partial charge in [0.2, 0.25) is 0 Å². The van der Waals surface area contributed by atoms with Crippen LogP contribution in [-0.4, -0.2) is 39.8 Å². The van der Waals surface area contributed by atoms with Crippen LogP contribution < -0.4 is 18.9 Å². The molecule has 0 fully saturated rings. The first kappa shape index (κ1) is 22.0.